The van der Waals surface area contributed by atoms with E-state index in [0.29, 0.717) is 17.2 Å². The van der Waals surface area contributed by atoms with E-state index in [0.717, 1.165) is 22.4 Å². The van der Waals surface area contributed by atoms with E-state index in [2.05, 4.69) is 22.0 Å². The SMILES string of the molecule is C=NC(C)=N/C=C(\C)c1nc(-c2ccccc2)c(NC(=O)OCC(Cl)(Cl)Cl)cc1C. The third kappa shape index (κ3) is 7.13. The smallest absolute Gasteiger partial charge is 0.411 e. The van der Waals surface area contributed by atoms with Gasteiger partial charge in [-0.05, 0) is 44.7 Å². The number of pyridine rings is 1. The number of halogens is 3. The number of carbonyl (C=O) groups excluding carboxylic acids is 1. The lowest BCUT2D eigenvalue weighted by molar-refractivity contribution is 0.164. The Kier molecular flexibility index (Phi) is 8.41. The first-order valence-corrected chi connectivity index (χ1v) is 10.00. The number of amides is 1. The molecule has 0 saturated heterocycles. The lowest BCUT2D eigenvalue weighted by Crippen LogP contribution is -2.21. The summed E-state index contributed by atoms with van der Waals surface area (Å²) in [4.78, 5) is 25.0. The van der Waals surface area contributed by atoms with Crippen LogP contribution in [0.3, 0.4) is 0 Å². The molecule has 1 heterocycles. The van der Waals surface area contributed by atoms with Gasteiger partial charge in [-0.15, -0.1) is 0 Å². The molecule has 0 atom stereocenters. The molecule has 1 aromatic heterocycles. The first kappa shape index (κ1) is 23.9. The van der Waals surface area contributed by atoms with E-state index in [-0.39, 0.29) is 6.61 Å². The van der Waals surface area contributed by atoms with Crippen molar-refractivity contribution in [2.75, 3.05) is 11.9 Å². The lowest BCUT2D eigenvalue weighted by Gasteiger charge is -2.16. The van der Waals surface area contributed by atoms with Crippen molar-refractivity contribution in [3.8, 4) is 11.3 Å². The Morgan fingerprint density at radius 1 is 1.27 bits per heavy atom. The summed E-state index contributed by atoms with van der Waals surface area (Å²) in [7, 11) is 0. The molecule has 158 valence electrons. The van der Waals surface area contributed by atoms with E-state index in [4.69, 9.17) is 44.5 Å². The number of ether oxygens (including phenoxy) is 1. The van der Waals surface area contributed by atoms with Crippen LogP contribution >= 0.6 is 34.8 Å². The Labute approximate surface area is 190 Å². The third-order valence-electron chi connectivity index (χ3n) is 3.91. The Balaban J connectivity index is 2.46. The Hall–Kier alpha value is -2.41. The largest absolute Gasteiger partial charge is 0.445 e. The van der Waals surface area contributed by atoms with Gasteiger partial charge in [0.15, 0.2) is 0 Å². The lowest BCUT2D eigenvalue weighted by atomic mass is 10.0. The molecule has 1 aromatic carbocycles. The van der Waals surface area contributed by atoms with Crippen LogP contribution in [0.1, 0.15) is 25.1 Å². The van der Waals surface area contributed by atoms with E-state index in [1.807, 2.05) is 44.2 Å². The second-order valence-electron chi connectivity index (χ2n) is 6.38. The molecule has 1 N–H and O–H groups in total. The molecule has 2 rings (SSSR count). The zero-order valence-corrected chi connectivity index (χ0v) is 19.0. The molecule has 6 nitrogen and oxygen atoms in total. The molecular formula is C21H21Cl3N4O2. The van der Waals surface area contributed by atoms with Gasteiger partial charge in [0.1, 0.15) is 12.4 Å². The molecule has 0 aliphatic heterocycles. The van der Waals surface area contributed by atoms with Gasteiger partial charge in [0.25, 0.3) is 0 Å². The molecule has 0 aliphatic carbocycles. The summed E-state index contributed by atoms with van der Waals surface area (Å²) in [5, 5.41) is 2.68. The van der Waals surface area contributed by atoms with Crippen molar-refractivity contribution in [2.24, 2.45) is 9.98 Å². The number of carbonyl (C=O) groups is 1. The van der Waals surface area contributed by atoms with Crippen molar-refractivity contribution in [1.82, 2.24) is 4.98 Å². The van der Waals surface area contributed by atoms with Gasteiger partial charge in [0, 0.05) is 11.8 Å². The topological polar surface area (TPSA) is 75.9 Å². The Bertz CT molecular complexity index is 984. The van der Waals surface area contributed by atoms with Gasteiger partial charge in [-0.25, -0.2) is 19.8 Å². The van der Waals surface area contributed by atoms with E-state index in [9.17, 15) is 4.79 Å². The fourth-order valence-corrected chi connectivity index (χ4v) is 2.67. The first-order valence-electron chi connectivity index (χ1n) is 8.86. The molecular weight excluding hydrogens is 447 g/mol. The van der Waals surface area contributed by atoms with Crippen LogP contribution in [0.4, 0.5) is 10.5 Å². The van der Waals surface area contributed by atoms with E-state index >= 15 is 0 Å². The molecule has 0 aliphatic rings. The highest BCUT2D eigenvalue weighted by atomic mass is 35.6. The maximum absolute atomic E-state index is 12.2. The minimum absolute atomic E-state index is 0.384. The minimum Gasteiger partial charge on any atom is -0.445 e. The highest BCUT2D eigenvalue weighted by Gasteiger charge is 2.23. The van der Waals surface area contributed by atoms with Crippen LogP contribution in [0.5, 0.6) is 0 Å². The monoisotopic (exact) mass is 466 g/mol. The molecule has 0 bridgehead atoms. The molecule has 2 aromatic rings. The number of benzene rings is 1. The van der Waals surface area contributed by atoms with Crippen molar-refractivity contribution < 1.29 is 9.53 Å². The fourth-order valence-electron chi connectivity index (χ4n) is 2.51. The number of hydrogen-bond donors (Lipinski definition) is 1. The summed E-state index contributed by atoms with van der Waals surface area (Å²) in [6.07, 6.45) is 0.924. The number of hydrogen-bond acceptors (Lipinski definition) is 4. The van der Waals surface area contributed by atoms with Gasteiger partial charge >= 0.3 is 6.09 Å². The zero-order valence-electron chi connectivity index (χ0n) is 16.7. The third-order valence-corrected chi connectivity index (χ3v) is 4.24. The molecule has 0 radical (unpaired) electrons. The number of rotatable bonds is 5. The van der Waals surface area contributed by atoms with Crippen LogP contribution in [0.2, 0.25) is 0 Å². The normalized spacial score (nSPS) is 12.5. The number of aliphatic imine (C=N–C) groups is 2. The average Bonchev–Trinajstić information content (AvgIpc) is 2.70. The van der Waals surface area contributed by atoms with Gasteiger partial charge in [-0.2, -0.15) is 0 Å². The molecule has 0 spiro atoms. The number of aryl methyl sites for hydroxylation is 1. The summed E-state index contributed by atoms with van der Waals surface area (Å²) in [5.41, 5.74) is 4.25. The van der Waals surface area contributed by atoms with Crippen molar-refractivity contribution in [3.63, 3.8) is 0 Å². The standard InChI is InChI=1S/C21H21Cl3N4O2/c1-13-10-17(27-20(29)30-12-21(22,23)24)19(16-8-6-5-7-9-16)28-18(13)14(2)11-26-15(3)25-4/h5-11H,4,12H2,1-3H3,(H,27,29)/b14-11+,26-15?. The van der Waals surface area contributed by atoms with Gasteiger partial charge < -0.3 is 4.74 Å². The minimum atomic E-state index is -1.70. The predicted octanol–water partition coefficient (Wildman–Crippen LogP) is 6.46. The van der Waals surface area contributed by atoms with Crippen LogP contribution < -0.4 is 5.32 Å². The van der Waals surface area contributed by atoms with Crippen molar-refractivity contribution in [1.29, 1.82) is 0 Å². The van der Waals surface area contributed by atoms with Gasteiger partial charge in [-0.1, -0.05) is 65.1 Å². The molecule has 0 saturated carbocycles. The van der Waals surface area contributed by atoms with Gasteiger partial charge in [0.2, 0.25) is 3.79 Å². The average molecular weight is 468 g/mol. The highest BCUT2D eigenvalue weighted by molar-refractivity contribution is 6.67. The van der Waals surface area contributed by atoms with Crippen molar-refractivity contribution in [2.45, 2.75) is 24.6 Å². The zero-order chi connectivity index (χ0) is 22.3. The van der Waals surface area contributed by atoms with E-state index in [1.165, 1.54) is 0 Å². The summed E-state index contributed by atoms with van der Waals surface area (Å²) in [5.74, 6) is 0.547. The second-order valence-corrected chi connectivity index (χ2v) is 8.89. The molecule has 1 amide bonds. The van der Waals surface area contributed by atoms with E-state index in [1.54, 1.807) is 19.2 Å². The Morgan fingerprint density at radius 2 is 1.93 bits per heavy atom. The maximum atomic E-state index is 12.2. The van der Waals surface area contributed by atoms with Crippen LogP contribution in [0.25, 0.3) is 16.8 Å². The highest BCUT2D eigenvalue weighted by Crippen LogP contribution is 2.31. The van der Waals surface area contributed by atoms with Crippen molar-refractivity contribution in [3.05, 3.63) is 53.9 Å². The van der Waals surface area contributed by atoms with Gasteiger partial charge in [-0.3, -0.25) is 5.32 Å². The number of alkyl halides is 3. The molecule has 30 heavy (non-hydrogen) atoms. The Morgan fingerprint density at radius 3 is 2.53 bits per heavy atom. The number of allylic oxidation sites excluding steroid dienone is 1. The quantitative estimate of drug-likeness (QED) is 0.311. The van der Waals surface area contributed by atoms with Crippen LogP contribution in [-0.2, 0) is 4.74 Å². The predicted molar refractivity (Wildman–Crippen MR) is 126 cm³/mol. The molecule has 0 fully saturated rings. The summed E-state index contributed by atoms with van der Waals surface area (Å²) in [6.45, 7) is 8.60. The summed E-state index contributed by atoms with van der Waals surface area (Å²) in [6, 6.07) is 11.2. The maximum Gasteiger partial charge on any atom is 0.411 e. The summed E-state index contributed by atoms with van der Waals surface area (Å²) >= 11 is 16.9. The number of nitrogens with one attached hydrogen (secondary N) is 1. The number of aromatic nitrogens is 1. The first-order chi connectivity index (χ1) is 14.1. The van der Waals surface area contributed by atoms with Crippen LogP contribution in [0.15, 0.2) is 52.6 Å². The van der Waals surface area contributed by atoms with Crippen molar-refractivity contribution >= 4 is 64.7 Å². The van der Waals surface area contributed by atoms with Crippen LogP contribution in [0, 0.1) is 6.92 Å². The van der Waals surface area contributed by atoms with Crippen LogP contribution in [-0.4, -0.2) is 34.0 Å². The van der Waals surface area contributed by atoms with Gasteiger partial charge in [0.05, 0.1) is 17.1 Å². The molecule has 9 heteroatoms. The number of nitrogens with zero attached hydrogens (tertiary/aromatic N) is 3. The second kappa shape index (κ2) is 10.6. The van der Waals surface area contributed by atoms with E-state index < -0.39 is 9.89 Å². The number of anilines is 1. The molecule has 0 unspecified atom stereocenters. The number of amidine groups is 1. The fraction of sp³-hybridized carbons (Fsp3) is 0.238. The summed E-state index contributed by atoms with van der Waals surface area (Å²) < 4.78 is 3.28.